The van der Waals surface area contributed by atoms with Gasteiger partial charge < -0.3 is 19.4 Å². The maximum atomic E-state index is 12.4. The lowest BCUT2D eigenvalue weighted by atomic mass is 10.2. The first-order valence-electron chi connectivity index (χ1n) is 6.97. The summed E-state index contributed by atoms with van der Waals surface area (Å²) in [7, 11) is 3.02. The number of anilines is 1. The summed E-state index contributed by atoms with van der Waals surface area (Å²) in [6, 6.07) is 5.49. The Morgan fingerprint density at radius 1 is 1.17 bits per heavy atom. The Bertz CT molecular complexity index is 820. The van der Waals surface area contributed by atoms with E-state index in [0.717, 1.165) is 0 Å². The summed E-state index contributed by atoms with van der Waals surface area (Å²) in [6.45, 7) is 1.57. The molecule has 0 saturated heterocycles. The number of ether oxygens (including phenoxy) is 2. The van der Waals surface area contributed by atoms with Crippen molar-refractivity contribution < 1.29 is 14.3 Å². The first-order chi connectivity index (χ1) is 11.4. The van der Waals surface area contributed by atoms with Crippen LogP contribution in [0, 0.1) is 0 Å². The van der Waals surface area contributed by atoms with Crippen LogP contribution in [0.4, 0.5) is 5.69 Å². The van der Waals surface area contributed by atoms with Crippen LogP contribution in [0.3, 0.4) is 0 Å². The third-order valence-corrected chi connectivity index (χ3v) is 3.89. The molecule has 0 spiro atoms. The van der Waals surface area contributed by atoms with Gasteiger partial charge in [0.15, 0.2) is 11.5 Å². The molecule has 0 bridgehead atoms. The highest BCUT2D eigenvalue weighted by Crippen LogP contribution is 2.30. The molecule has 6 nitrogen and oxygen atoms in total. The highest BCUT2D eigenvalue weighted by Gasteiger charge is 2.18. The Kier molecular flexibility index (Phi) is 5.75. The van der Waals surface area contributed by atoms with Crippen molar-refractivity contribution in [1.82, 2.24) is 4.57 Å². The van der Waals surface area contributed by atoms with Gasteiger partial charge >= 0.3 is 0 Å². The van der Waals surface area contributed by atoms with Crippen LogP contribution < -0.4 is 20.3 Å². The van der Waals surface area contributed by atoms with E-state index in [0.29, 0.717) is 17.2 Å². The van der Waals surface area contributed by atoms with Crippen LogP contribution in [-0.4, -0.2) is 24.7 Å². The van der Waals surface area contributed by atoms with E-state index in [2.05, 4.69) is 5.32 Å². The van der Waals surface area contributed by atoms with Gasteiger partial charge in [-0.3, -0.25) is 9.59 Å². The number of benzene rings is 1. The van der Waals surface area contributed by atoms with E-state index in [9.17, 15) is 9.59 Å². The van der Waals surface area contributed by atoms with E-state index < -0.39 is 17.5 Å². The summed E-state index contributed by atoms with van der Waals surface area (Å²) < 4.78 is 11.5. The second kappa shape index (κ2) is 7.59. The molecule has 0 aliphatic rings. The lowest BCUT2D eigenvalue weighted by molar-refractivity contribution is -0.118. The van der Waals surface area contributed by atoms with Crippen molar-refractivity contribution in [2.24, 2.45) is 0 Å². The zero-order valence-corrected chi connectivity index (χ0v) is 14.8. The third-order valence-electron chi connectivity index (χ3n) is 3.41. The average molecular weight is 371 g/mol. The van der Waals surface area contributed by atoms with Crippen LogP contribution >= 0.6 is 23.2 Å². The van der Waals surface area contributed by atoms with Gasteiger partial charge in [0.05, 0.1) is 19.2 Å². The Morgan fingerprint density at radius 3 is 2.46 bits per heavy atom. The number of rotatable bonds is 5. The van der Waals surface area contributed by atoms with Crippen LogP contribution in [-0.2, 0) is 4.79 Å². The number of nitrogens with one attached hydrogen (secondary N) is 1. The van der Waals surface area contributed by atoms with Gasteiger partial charge in [0.1, 0.15) is 11.1 Å². The number of halogens is 2. The Labute approximate surface area is 148 Å². The molecular formula is C16H16Cl2N2O4. The van der Waals surface area contributed by atoms with Gasteiger partial charge in [0.25, 0.3) is 5.56 Å². The topological polar surface area (TPSA) is 69.6 Å². The molecular weight excluding hydrogens is 355 g/mol. The van der Waals surface area contributed by atoms with E-state index in [-0.39, 0.29) is 10.0 Å². The lowest BCUT2D eigenvalue weighted by Gasteiger charge is -2.16. The molecule has 0 aliphatic carbocycles. The fourth-order valence-corrected chi connectivity index (χ4v) is 2.59. The van der Waals surface area contributed by atoms with Crippen molar-refractivity contribution in [2.75, 3.05) is 19.5 Å². The van der Waals surface area contributed by atoms with E-state index in [4.69, 9.17) is 32.7 Å². The van der Waals surface area contributed by atoms with Gasteiger partial charge in [-0.15, -0.1) is 0 Å². The Morgan fingerprint density at radius 2 is 1.83 bits per heavy atom. The van der Waals surface area contributed by atoms with E-state index in [1.165, 1.54) is 31.0 Å². The first kappa shape index (κ1) is 18.2. The summed E-state index contributed by atoms with van der Waals surface area (Å²) in [6.07, 6.45) is 1.37. The monoisotopic (exact) mass is 370 g/mol. The van der Waals surface area contributed by atoms with Gasteiger partial charge in [0.2, 0.25) is 5.91 Å². The summed E-state index contributed by atoms with van der Waals surface area (Å²) >= 11 is 11.7. The summed E-state index contributed by atoms with van der Waals surface area (Å²) in [5.74, 6) is 0.620. The van der Waals surface area contributed by atoms with Crippen LogP contribution in [0.15, 0.2) is 35.3 Å². The molecule has 1 N–H and O–H groups in total. The largest absolute Gasteiger partial charge is 0.493 e. The molecule has 0 aliphatic heterocycles. The van der Waals surface area contributed by atoms with Crippen LogP contribution in [0.2, 0.25) is 10.0 Å². The predicted molar refractivity (Wildman–Crippen MR) is 93.6 cm³/mol. The van der Waals surface area contributed by atoms with Gasteiger partial charge in [-0.2, -0.15) is 0 Å². The molecule has 24 heavy (non-hydrogen) atoms. The fourth-order valence-electron chi connectivity index (χ4n) is 2.11. The Hall–Kier alpha value is -2.18. The summed E-state index contributed by atoms with van der Waals surface area (Å²) in [5.41, 5.74) is 0.0155. The van der Waals surface area contributed by atoms with Crippen LogP contribution in [0.5, 0.6) is 11.5 Å². The van der Waals surface area contributed by atoms with E-state index in [1.54, 1.807) is 25.1 Å². The normalized spacial score (nSPS) is 11.7. The number of methoxy groups -OCH3 is 2. The van der Waals surface area contributed by atoms with E-state index >= 15 is 0 Å². The molecule has 1 aromatic carbocycles. The minimum atomic E-state index is -0.804. The lowest BCUT2D eigenvalue weighted by Crippen LogP contribution is -2.31. The van der Waals surface area contributed by atoms with Crippen molar-refractivity contribution in [1.29, 1.82) is 0 Å². The van der Waals surface area contributed by atoms with Crippen molar-refractivity contribution in [2.45, 2.75) is 13.0 Å². The zero-order chi connectivity index (χ0) is 17.9. The number of hydrogen-bond acceptors (Lipinski definition) is 4. The molecule has 8 heteroatoms. The quantitative estimate of drug-likeness (QED) is 0.875. The number of amides is 1. The number of carbonyl (C=O) groups is 1. The van der Waals surface area contributed by atoms with Gasteiger partial charge in [-0.25, -0.2) is 0 Å². The average Bonchev–Trinajstić information content (AvgIpc) is 2.57. The molecule has 1 heterocycles. The third kappa shape index (κ3) is 3.83. The number of carbonyl (C=O) groups excluding carboxylic acids is 1. The second-order valence-electron chi connectivity index (χ2n) is 4.95. The highest BCUT2D eigenvalue weighted by atomic mass is 35.5. The molecule has 2 aromatic rings. The molecule has 1 amide bonds. The first-order valence-corrected chi connectivity index (χ1v) is 7.73. The molecule has 1 atom stereocenters. The standard InChI is InChI=1S/C16H16Cl2N2O4/c1-9(20-8-10(17)6-12(18)16(20)22)15(21)19-11-4-5-13(23-2)14(7-11)24-3/h4-9H,1-3H3,(H,19,21). The number of hydrogen-bond donors (Lipinski definition) is 1. The molecule has 128 valence electrons. The van der Waals surface area contributed by atoms with Crippen LogP contribution in [0.25, 0.3) is 0 Å². The smallest absolute Gasteiger partial charge is 0.270 e. The minimum Gasteiger partial charge on any atom is -0.493 e. The number of pyridine rings is 1. The zero-order valence-electron chi connectivity index (χ0n) is 13.3. The molecule has 1 unspecified atom stereocenters. The second-order valence-corrected chi connectivity index (χ2v) is 5.80. The van der Waals surface area contributed by atoms with Crippen molar-refractivity contribution in [3.8, 4) is 11.5 Å². The maximum absolute atomic E-state index is 12.4. The fraction of sp³-hybridized carbons (Fsp3) is 0.250. The number of aromatic nitrogens is 1. The highest BCUT2D eigenvalue weighted by molar-refractivity contribution is 6.34. The van der Waals surface area contributed by atoms with E-state index in [1.807, 2.05) is 0 Å². The molecule has 2 rings (SSSR count). The number of nitrogens with zero attached hydrogens (tertiary/aromatic N) is 1. The predicted octanol–water partition coefficient (Wildman–Crippen LogP) is 3.37. The van der Waals surface area contributed by atoms with Gasteiger partial charge in [-0.05, 0) is 25.1 Å². The van der Waals surface area contributed by atoms with Gasteiger partial charge in [0, 0.05) is 18.0 Å². The molecule has 0 radical (unpaired) electrons. The summed E-state index contributed by atoms with van der Waals surface area (Å²) in [5, 5.41) is 2.93. The maximum Gasteiger partial charge on any atom is 0.270 e. The molecule has 0 fully saturated rings. The molecule has 0 saturated carbocycles. The SMILES string of the molecule is COc1ccc(NC(=O)C(C)n2cc(Cl)cc(Cl)c2=O)cc1OC. The summed E-state index contributed by atoms with van der Waals surface area (Å²) in [4.78, 5) is 24.5. The molecule has 1 aromatic heterocycles. The Balaban J connectivity index is 2.25. The minimum absolute atomic E-state index is 0.0479. The van der Waals surface area contributed by atoms with Crippen LogP contribution in [0.1, 0.15) is 13.0 Å². The van der Waals surface area contributed by atoms with Gasteiger partial charge in [-0.1, -0.05) is 23.2 Å². The van der Waals surface area contributed by atoms with Crippen molar-refractivity contribution >= 4 is 34.8 Å². The van der Waals surface area contributed by atoms with Crippen molar-refractivity contribution in [3.63, 3.8) is 0 Å². The van der Waals surface area contributed by atoms with Crippen molar-refractivity contribution in [3.05, 3.63) is 50.9 Å².